The molecule has 2 aliphatic heterocycles. The highest BCUT2D eigenvalue weighted by Gasteiger charge is 2.37. The Balaban J connectivity index is 1.29. The molecule has 44 heavy (non-hydrogen) atoms. The first-order chi connectivity index (χ1) is 20.9. The van der Waals surface area contributed by atoms with Crippen LogP contribution in [-0.2, 0) is 43.6 Å². The summed E-state index contributed by atoms with van der Waals surface area (Å²) in [5, 5.41) is 8.94. The molecule has 1 atom stereocenters. The molecule has 0 amide bonds. The Bertz CT molecular complexity index is 1780. The number of carboxylic acid groups (broad SMARTS) is 1. The van der Waals surface area contributed by atoms with Gasteiger partial charge in [0.2, 0.25) is 5.88 Å². The first kappa shape index (κ1) is 30.2. The quantitative estimate of drug-likeness (QED) is 0.183. The monoisotopic (exact) mass is 640 g/mol. The fourth-order valence-electron chi connectivity index (χ4n) is 5.31. The number of hydrogen-bond donors (Lipinski definition) is 1. The Morgan fingerprint density at radius 1 is 1.14 bits per heavy atom. The van der Waals surface area contributed by atoms with Gasteiger partial charge in [0, 0.05) is 25.3 Å². The van der Waals surface area contributed by atoms with Crippen LogP contribution in [0.4, 0.5) is 26.3 Å². The summed E-state index contributed by atoms with van der Waals surface area (Å²) in [5.41, 5.74) is -1.06. The largest absolute Gasteiger partial charge is 0.478 e. The molecule has 6 rings (SSSR count). The third-order valence-electron chi connectivity index (χ3n) is 7.69. The molecule has 1 saturated heterocycles. The van der Waals surface area contributed by atoms with Crippen LogP contribution in [0.2, 0.25) is 5.02 Å². The number of aromatic carboxylic acids is 1. The third kappa shape index (κ3) is 5.81. The average Bonchev–Trinajstić information content (AvgIpc) is 3.28. The normalized spacial score (nSPS) is 17.0. The van der Waals surface area contributed by atoms with E-state index in [1.807, 2.05) is 4.90 Å². The number of ether oxygens (including phenoxy) is 2. The second-order valence-corrected chi connectivity index (χ2v) is 11.0. The number of carboxylic acids is 1. The van der Waals surface area contributed by atoms with Crippen molar-refractivity contribution in [3.8, 4) is 5.88 Å². The van der Waals surface area contributed by atoms with E-state index in [0.717, 1.165) is 24.6 Å². The number of pyridine rings is 1. The van der Waals surface area contributed by atoms with Crippen LogP contribution in [-0.4, -0.2) is 49.8 Å². The molecule has 0 radical (unpaired) electrons. The molecule has 0 unspecified atom stereocenters. The van der Waals surface area contributed by atoms with Gasteiger partial charge >= 0.3 is 12.1 Å². The van der Waals surface area contributed by atoms with Crippen molar-refractivity contribution >= 4 is 28.6 Å². The van der Waals surface area contributed by atoms with Gasteiger partial charge < -0.3 is 19.1 Å². The number of rotatable bonds is 8. The summed E-state index contributed by atoms with van der Waals surface area (Å²) in [5.74, 6) is -4.61. The molecule has 15 heteroatoms. The van der Waals surface area contributed by atoms with Crippen LogP contribution in [0.15, 0.2) is 30.3 Å². The van der Waals surface area contributed by atoms with Crippen LogP contribution in [0.5, 0.6) is 5.88 Å². The summed E-state index contributed by atoms with van der Waals surface area (Å²) in [6.45, 7) is 0.622. The van der Waals surface area contributed by atoms with Crippen LogP contribution >= 0.6 is 11.6 Å². The zero-order valence-corrected chi connectivity index (χ0v) is 23.5. The highest BCUT2D eigenvalue weighted by atomic mass is 35.5. The van der Waals surface area contributed by atoms with Gasteiger partial charge in [-0.2, -0.15) is 13.2 Å². The van der Waals surface area contributed by atoms with Gasteiger partial charge in [-0.3, -0.25) is 4.90 Å². The summed E-state index contributed by atoms with van der Waals surface area (Å²) in [7, 11) is 0. The molecule has 2 aromatic carbocycles. The number of imidazole rings is 1. The predicted molar refractivity (Wildman–Crippen MR) is 144 cm³/mol. The van der Waals surface area contributed by atoms with Gasteiger partial charge in [0.05, 0.1) is 41.0 Å². The van der Waals surface area contributed by atoms with Crippen molar-refractivity contribution in [1.29, 1.82) is 0 Å². The average molecular weight is 641 g/mol. The lowest BCUT2D eigenvalue weighted by Gasteiger charge is -2.30. The molecule has 1 fully saturated rings. The van der Waals surface area contributed by atoms with Gasteiger partial charge in [0.25, 0.3) is 0 Å². The highest BCUT2D eigenvalue weighted by Crippen LogP contribution is 2.38. The maximum atomic E-state index is 15.3. The maximum Gasteiger partial charge on any atom is 0.421 e. The number of fused-ring (bicyclic) bond motifs is 2. The van der Waals surface area contributed by atoms with Crippen molar-refractivity contribution in [3.05, 3.63) is 86.6 Å². The first-order valence-electron chi connectivity index (χ1n) is 13.5. The minimum Gasteiger partial charge on any atom is -0.478 e. The molecule has 0 aliphatic carbocycles. The molecule has 4 aromatic rings. The number of hydrogen-bond acceptors (Lipinski definition) is 6. The van der Waals surface area contributed by atoms with Crippen LogP contribution in [0.25, 0.3) is 11.0 Å². The summed E-state index contributed by atoms with van der Waals surface area (Å²) in [6.07, 6.45) is -4.10. The van der Waals surface area contributed by atoms with Gasteiger partial charge in [0.15, 0.2) is 5.82 Å². The minimum absolute atomic E-state index is 0.0299. The SMILES string of the molecule is O=C(O)c1ccc2nc(CN3CCc4cc(C(F)(F)F)c(OCc5cc(F)c(Cl)cc5F)nc4C3)n(C[C@@H]3CCO3)c2c1F. The van der Waals surface area contributed by atoms with Crippen molar-refractivity contribution in [2.75, 3.05) is 13.2 Å². The van der Waals surface area contributed by atoms with E-state index in [9.17, 15) is 31.9 Å². The number of halogens is 7. The summed E-state index contributed by atoms with van der Waals surface area (Å²) in [6, 6.07) is 4.96. The Hall–Kier alpha value is -3.88. The van der Waals surface area contributed by atoms with Crippen LogP contribution in [0.1, 0.15) is 45.0 Å². The van der Waals surface area contributed by atoms with Crippen molar-refractivity contribution in [1.82, 2.24) is 19.4 Å². The zero-order valence-electron chi connectivity index (χ0n) is 22.7. The van der Waals surface area contributed by atoms with Crippen molar-refractivity contribution in [3.63, 3.8) is 0 Å². The molecule has 1 N–H and O–H groups in total. The molecule has 8 nitrogen and oxygen atoms in total. The van der Waals surface area contributed by atoms with E-state index in [1.165, 1.54) is 6.07 Å². The molecule has 4 heterocycles. The molecule has 232 valence electrons. The standard InChI is InChI=1S/C29H23ClF6N4O4/c30-19-9-20(31)15(8-21(19)32)13-44-27-18(29(34,35)36)7-14-3-5-39(11-23(14)38-27)12-24-37-22-2-1-17(28(41)42)25(33)26(22)40(24)10-16-4-6-43-16/h1-2,7-9,16H,3-6,10-13H2,(H,41,42)/t16-/m0/s1. The van der Waals surface area contributed by atoms with Crippen molar-refractivity contribution in [2.45, 2.75) is 51.4 Å². The lowest BCUT2D eigenvalue weighted by atomic mass is 10.0. The summed E-state index contributed by atoms with van der Waals surface area (Å²) in [4.78, 5) is 22.1. The van der Waals surface area contributed by atoms with E-state index in [0.29, 0.717) is 30.6 Å². The number of carbonyl (C=O) groups is 1. The van der Waals surface area contributed by atoms with Crippen molar-refractivity contribution < 1.29 is 45.7 Å². The van der Waals surface area contributed by atoms with E-state index in [1.54, 1.807) is 4.57 Å². The van der Waals surface area contributed by atoms with Crippen LogP contribution in [0, 0.1) is 17.5 Å². The van der Waals surface area contributed by atoms with Crippen LogP contribution in [0.3, 0.4) is 0 Å². The Labute approximate surface area is 250 Å². The minimum atomic E-state index is -4.83. The van der Waals surface area contributed by atoms with E-state index >= 15 is 4.39 Å². The summed E-state index contributed by atoms with van der Waals surface area (Å²) < 4.78 is 97.6. The van der Waals surface area contributed by atoms with Gasteiger partial charge in [0.1, 0.15) is 35.1 Å². The third-order valence-corrected chi connectivity index (χ3v) is 7.98. The molecular weight excluding hydrogens is 618 g/mol. The lowest BCUT2D eigenvalue weighted by molar-refractivity contribution is -0.139. The number of nitrogens with zero attached hydrogens (tertiary/aromatic N) is 4. The fraction of sp³-hybridized carbons (Fsp3) is 0.345. The van der Waals surface area contributed by atoms with Gasteiger partial charge in [-0.05, 0) is 48.7 Å². The maximum absolute atomic E-state index is 15.3. The van der Waals surface area contributed by atoms with Gasteiger partial charge in [-0.1, -0.05) is 11.6 Å². The van der Waals surface area contributed by atoms with Crippen LogP contribution < -0.4 is 4.74 Å². The number of benzene rings is 2. The number of aromatic nitrogens is 3. The molecule has 0 bridgehead atoms. The van der Waals surface area contributed by atoms with E-state index < -0.39 is 58.2 Å². The van der Waals surface area contributed by atoms with E-state index in [-0.39, 0.29) is 54.4 Å². The Morgan fingerprint density at radius 3 is 2.59 bits per heavy atom. The molecule has 0 spiro atoms. The smallest absolute Gasteiger partial charge is 0.421 e. The van der Waals surface area contributed by atoms with Gasteiger partial charge in [-0.25, -0.2) is 27.9 Å². The second kappa shape index (κ2) is 11.6. The molecule has 2 aromatic heterocycles. The van der Waals surface area contributed by atoms with Crippen molar-refractivity contribution in [2.24, 2.45) is 0 Å². The topological polar surface area (TPSA) is 89.7 Å². The van der Waals surface area contributed by atoms with E-state index in [2.05, 4.69) is 9.97 Å². The molecular formula is C29H23ClF6N4O4. The fourth-order valence-corrected chi connectivity index (χ4v) is 5.46. The predicted octanol–water partition coefficient (Wildman–Crippen LogP) is 6.15. The molecule has 0 saturated carbocycles. The molecule has 2 aliphatic rings. The first-order valence-corrected chi connectivity index (χ1v) is 13.9. The zero-order chi connectivity index (χ0) is 31.3. The highest BCUT2D eigenvalue weighted by molar-refractivity contribution is 6.30. The second-order valence-electron chi connectivity index (χ2n) is 10.6. The number of alkyl halides is 3. The van der Waals surface area contributed by atoms with Gasteiger partial charge in [-0.15, -0.1) is 0 Å². The summed E-state index contributed by atoms with van der Waals surface area (Å²) >= 11 is 5.56. The lowest BCUT2D eigenvalue weighted by Crippen LogP contribution is -2.35. The Kier molecular flexibility index (Phi) is 7.92. The van der Waals surface area contributed by atoms with E-state index in [4.69, 9.17) is 21.1 Å². The Morgan fingerprint density at radius 2 is 1.91 bits per heavy atom.